The molecule has 2 aliphatic carbocycles. The average Bonchev–Trinajstić information content (AvgIpc) is 2.83. The van der Waals surface area contributed by atoms with Crippen molar-refractivity contribution in [3.63, 3.8) is 0 Å². The zero-order chi connectivity index (χ0) is 27.1. The van der Waals surface area contributed by atoms with Gasteiger partial charge in [0.15, 0.2) is 0 Å². The van der Waals surface area contributed by atoms with Crippen LogP contribution in [0.2, 0.25) is 0 Å². The summed E-state index contributed by atoms with van der Waals surface area (Å²) < 4.78 is 35.9. The van der Waals surface area contributed by atoms with Crippen LogP contribution in [0.4, 0.5) is 8.78 Å². The number of rotatable bonds is 6. The average molecular weight is 590 g/mol. The van der Waals surface area contributed by atoms with E-state index in [9.17, 15) is 29.0 Å². The highest BCUT2D eigenvalue weighted by Gasteiger charge is 2.51. The third-order valence-corrected chi connectivity index (χ3v) is 7.56. The fourth-order valence-corrected chi connectivity index (χ4v) is 5.32. The van der Waals surface area contributed by atoms with E-state index >= 15 is 0 Å². The number of halogens is 6. The molecule has 7 nitrogen and oxygen atoms in total. The first-order valence-corrected chi connectivity index (χ1v) is 11.9. The lowest BCUT2D eigenvalue weighted by Crippen LogP contribution is -2.45. The van der Waals surface area contributed by atoms with Crippen molar-refractivity contribution in [2.75, 3.05) is 0 Å². The maximum Gasteiger partial charge on any atom is 0.285 e. The smallest absolute Gasteiger partial charge is 0.285 e. The Kier molecular flexibility index (Phi) is 7.47. The zero-order valence-electron chi connectivity index (χ0n) is 18.3. The van der Waals surface area contributed by atoms with Gasteiger partial charge in [-0.15, -0.1) is 23.2 Å². The van der Waals surface area contributed by atoms with E-state index < -0.39 is 54.8 Å². The van der Waals surface area contributed by atoms with Crippen LogP contribution in [0.15, 0.2) is 94.3 Å². The molecule has 4 rings (SSSR count). The number of hydrogen-bond donors (Lipinski definition) is 0. The van der Waals surface area contributed by atoms with Gasteiger partial charge in [-0.1, -0.05) is 59.6 Å². The summed E-state index contributed by atoms with van der Waals surface area (Å²) in [5.41, 5.74) is -1.56. The number of nitro groups is 2. The van der Waals surface area contributed by atoms with Crippen molar-refractivity contribution in [2.45, 2.75) is 22.0 Å². The molecule has 4 unspecified atom stereocenters. The SMILES string of the molecule is O=[N+]([O-])C1=CC(Cl)(c2ccccc2F)C(OC2C=C(Cl)C([N+](=O)[O-])=CC2(Cl)c2ccccc2F)C=C1Cl. The number of allylic oxidation sites excluding steroid dienone is 2. The monoisotopic (exact) mass is 588 g/mol. The van der Waals surface area contributed by atoms with Gasteiger partial charge in [-0.3, -0.25) is 20.2 Å². The summed E-state index contributed by atoms with van der Waals surface area (Å²) in [6, 6.07) is 10.5. The number of benzene rings is 2. The highest BCUT2D eigenvalue weighted by atomic mass is 35.5. The Morgan fingerprint density at radius 1 is 0.730 bits per heavy atom. The van der Waals surface area contributed by atoms with E-state index in [-0.39, 0.29) is 21.2 Å². The van der Waals surface area contributed by atoms with E-state index in [4.69, 9.17) is 51.1 Å². The number of ether oxygens (including phenoxy) is 1. The number of nitrogens with zero attached hydrogens (tertiary/aromatic N) is 2. The molecule has 13 heteroatoms. The third-order valence-electron chi connectivity index (χ3n) is 5.87. The predicted octanol–water partition coefficient (Wildman–Crippen LogP) is 6.88. The standard InChI is InChI=1S/C24H14Cl4F2N2O5/c25-15-9-21(23(27,11-19(15)31(33)34)13-5-1-3-7-17(13)29)37-22-10-16(26)20(32(35)36)12-24(22,28)14-6-2-4-8-18(14)30/h1-12,21-22H. The Hall–Kier alpha value is -2.82. The molecule has 0 aromatic heterocycles. The molecule has 0 N–H and O–H groups in total. The van der Waals surface area contributed by atoms with Gasteiger partial charge >= 0.3 is 0 Å². The summed E-state index contributed by atoms with van der Waals surface area (Å²) >= 11 is 25.9. The molecule has 0 bridgehead atoms. The molecule has 0 fully saturated rings. The van der Waals surface area contributed by atoms with Gasteiger partial charge in [-0.25, -0.2) is 8.78 Å². The molecule has 2 aliphatic rings. The van der Waals surface area contributed by atoms with Crippen molar-refractivity contribution in [3.8, 4) is 0 Å². The van der Waals surface area contributed by atoms with Gasteiger partial charge in [0.2, 0.25) is 0 Å². The summed E-state index contributed by atoms with van der Waals surface area (Å²) in [6.45, 7) is 0. The summed E-state index contributed by atoms with van der Waals surface area (Å²) in [6.07, 6.45) is 1.20. The normalized spacial score (nSPS) is 27.5. The van der Waals surface area contributed by atoms with E-state index in [1.54, 1.807) is 0 Å². The van der Waals surface area contributed by atoms with Crippen LogP contribution in [0.25, 0.3) is 0 Å². The van der Waals surface area contributed by atoms with Gasteiger partial charge < -0.3 is 4.74 Å². The summed E-state index contributed by atoms with van der Waals surface area (Å²) in [5, 5.41) is 22.5. The Morgan fingerprint density at radius 2 is 1.08 bits per heavy atom. The second-order valence-electron chi connectivity index (χ2n) is 8.08. The number of alkyl halides is 2. The molecule has 0 saturated heterocycles. The first-order valence-electron chi connectivity index (χ1n) is 10.4. The van der Waals surface area contributed by atoms with Crippen LogP contribution in [-0.4, -0.2) is 22.1 Å². The van der Waals surface area contributed by atoms with E-state index in [1.807, 2.05) is 0 Å². The van der Waals surface area contributed by atoms with Gasteiger partial charge in [0, 0.05) is 23.3 Å². The first kappa shape index (κ1) is 27.2. The zero-order valence-corrected chi connectivity index (χ0v) is 21.3. The first-order chi connectivity index (χ1) is 17.4. The Balaban J connectivity index is 1.88. The lowest BCUT2D eigenvalue weighted by molar-refractivity contribution is -0.420. The quantitative estimate of drug-likeness (QED) is 0.208. The Bertz CT molecular complexity index is 1320. The summed E-state index contributed by atoms with van der Waals surface area (Å²) in [4.78, 5) is 17.6. The molecule has 2 aromatic carbocycles. The Labute approximate surface area is 228 Å². The van der Waals surface area contributed by atoms with Gasteiger partial charge in [-0.05, 0) is 24.3 Å². The fourth-order valence-electron chi connectivity index (χ4n) is 4.10. The van der Waals surface area contributed by atoms with Crippen molar-refractivity contribution in [3.05, 3.63) is 137 Å². The molecule has 37 heavy (non-hydrogen) atoms. The van der Waals surface area contributed by atoms with Gasteiger partial charge in [0.05, 0.1) is 9.85 Å². The molecular formula is C24H14Cl4F2N2O5. The van der Waals surface area contributed by atoms with Crippen molar-refractivity contribution >= 4 is 46.4 Å². The lowest BCUT2D eigenvalue weighted by Gasteiger charge is -2.40. The van der Waals surface area contributed by atoms with Crippen LogP contribution < -0.4 is 0 Å². The molecule has 0 saturated carbocycles. The second kappa shape index (κ2) is 10.2. The topological polar surface area (TPSA) is 95.5 Å². The van der Waals surface area contributed by atoms with Crippen LogP contribution in [0.1, 0.15) is 11.1 Å². The maximum absolute atomic E-state index is 14.9. The minimum absolute atomic E-state index is 0.181. The van der Waals surface area contributed by atoms with Crippen molar-refractivity contribution in [2.24, 2.45) is 0 Å². The van der Waals surface area contributed by atoms with Crippen molar-refractivity contribution in [1.82, 2.24) is 0 Å². The molecule has 0 spiro atoms. The van der Waals surface area contributed by atoms with Crippen LogP contribution in [0.5, 0.6) is 0 Å². The minimum atomic E-state index is -2.02. The molecular weight excluding hydrogens is 576 g/mol. The molecule has 0 radical (unpaired) electrons. The van der Waals surface area contributed by atoms with E-state index in [1.165, 1.54) is 36.4 Å². The van der Waals surface area contributed by atoms with E-state index in [0.717, 1.165) is 36.4 Å². The van der Waals surface area contributed by atoms with E-state index in [0.29, 0.717) is 0 Å². The van der Waals surface area contributed by atoms with Crippen LogP contribution >= 0.6 is 46.4 Å². The maximum atomic E-state index is 14.9. The molecule has 2 aromatic rings. The molecule has 192 valence electrons. The fraction of sp³-hybridized carbons (Fsp3) is 0.167. The van der Waals surface area contributed by atoms with Crippen molar-refractivity contribution < 1.29 is 23.4 Å². The second-order valence-corrected chi connectivity index (χ2v) is 10.1. The van der Waals surface area contributed by atoms with E-state index in [2.05, 4.69) is 0 Å². The highest BCUT2D eigenvalue weighted by molar-refractivity contribution is 6.33. The lowest BCUT2D eigenvalue weighted by atomic mass is 9.85. The van der Waals surface area contributed by atoms with Gasteiger partial charge in [0.1, 0.15) is 43.7 Å². The van der Waals surface area contributed by atoms with Crippen LogP contribution in [0, 0.1) is 31.9 Å². The molecule has 4 atom stereocenters. The minimum Gasteiger partial charge on any atom is -0.362 e. The van der Waals surface area contributed by atoms with Crippen molar-refractivity contribution in [1.29, 1.82) is 0 Å². The van der Waals surface area contributed by atoms with Crippen LogP contribution in [0.3, 0.4) is 0 Å². The number of hydrogen-bond acceptors (Lipinski definition) is 5. The molecule has 0 amide bonds. The molecule has 0 heterocycles. The van der Waals surface area contributed by atoms with Gasteiger partial charge in [0.25, 0.3) is 11.4 Å². The molecule has 0 aliphatic heterocycles. The summed E-state index contributed by atoms with van der Waals surface area (Å²) in [5.74, 6) is -1.59. The van der Waals surface area contributed by atoms with Gasteiger partial charge in [-0.2, -0.15) is 0 Å². The largest absolute Gasteiger partial charge is 0.362 e. The predicted molar refractivity (Wildman–Crippen MR) is 135 cm³/mol. The highest BCUT2D eigenvalue weighted by Crippen LogP contribution is 2.49. The summed E-state index contributed by atoms with van der Waals surface area (Å²) in [7, 11) is 0. The van der Waals surface area contributed by atoms with Crippen LogP contribution in [-0.2, 0) is 14.5 Å². The Morgan fingerprint density at radius 3 is 1.41 bits per heavy atom. The third kappa shape index (κ3) is 4.89.